The molecule has 1 atom stereocenters. The molecule has 7 nitrogen and oxygen atoms in total. The average Bonchev–Trinajstić information content (AvgIpc) is 3.40. The van der Waals surface area contributed by atoms with Crippen LogP contribution in [0.25, 0.3) is 23.0 Å². The maximum absolute atomic E-state index is 6.12. The Kier molecular flexibility index (Phi) is 3.87. The normalized spacial score (nSPS) is 16.4. The van der Waals surface area contributed by atoms with Gasteiger partial charge in [0.25, 0.3) is 5.89 Å². The lowest BCUT2D eigenvalue weighted by molar-refractivity contribution is -0.00153. The van der Waals surface area contributed by atoms with Crippen molar-refractivity contribution in [3.05, 3.63) is 57.4 Å². The van der Waals surface area contributed by atoms with E-state index in [9.17, 15) is 0 Å². The second-order valence-electron chi connectivity index (χ2n) is 6.66. The van der Waals surface area contributed by atoms with E-state index in [0.717, 1.165) is 11.3 Å². The number of hydrogen-bond donors (Lipinski definition) is 0. The second-order valence-corrected chi connectivity index (χ2v) is 7.44. The predicted molar refractivity (Wildman–Crippen MR) is 100 cm³/mol. The molecule has 1 aliphatic rings. The number of rotatable bonds is 3. The smallest absolute Gasteiger partial charge is 0.280 e. The van der Waals surface area contributed by atoms with E-state index in [2.05, 4.69) is 52.5 Å². The molecule has 3 aromatic heterocycles. The minimum Gasteiger partial charge on any atom is -0.365 e. The third-order valence-corrected chi connectivity index (χ3v) is 5.46. The van der Waals surface area contributed by atoms with Crippen molar-refractivity contribution >= 4 is 11.3 Å². The van der Waals surface area contributed by atoms with Crippen molar-refractivity contribution < 1.29 is 9.26 Å². The fraction of sp³-hybridized carbons (Fsp3) is 0.263. The van der Waals surface area contributed by atoms with Crippen molar-refractivity contribution in [2.45, 2.75) is 33.1 Å². The van der Waals surface area contributed by atoms with Crippen LogP contribution in [-0.4, -0.2) is 25.1 Å². The fourth-order valence-electron chi connectivity index (χ4n) is 3.38. The van der Waals surface area contributed by atoms with Gasteiger partial charge in [-0.1, -0.05) is 34.1 Å². The molecule has 1 unspecified atom stereocenters. The van der Waals surface area contributed by atoms with Gasteiger partial charge in [0.05, 0.1) is 18.8 Å². The third-order valence-electron chi connectivity index (χ3n) is 4.78. The van der Waals surface area contributed by atoms with Crippen LogP contribution in [0.5, 0.6) is 0 Å². The molecule has 136 valence electrons. The maximum atomic E-state index is 6.12. The van der Waals surface area contributed by atoms with Gasteiger partial charge in [0.1, 0.15) is 6.10 Å². The summed E-state index contributed by atoms with van der Waals surface area (Å²) < 4.78 is 13.4. The van der Waals surface area contributed by atoms with E-state index in [1.807, 2.05) is 21.5 Å². The lowest BCUT2D eigenvalue weighted by Gasteiger charge is -2.25. The fourth-order valence-corrected chi connectivity index (χ4v) is 4.02. The van der Waals surface area contributed by atoms with E-state index in [4.69, 9.17) is 9.26 Å². The topological polar surface area (TPSA) is 78.9 Å². The summed E-state index contributed by atoms with van der Waals surface area (Å²) in [6.07, 6.45) is -0.0447. The van der Waals surface area contributed by atoms with Crippen LogP contribution >= 0.6 is 11.3 Å². The van der Waals surface area contributed by atoms with E-state index in [1.165, 1.54) is 16.7 Å². The third kappa shape index (κ3) is 2.87. The summed E-state index contributed by atoms with van der Waals surface area (Å²) in [4.78, 5) is 4.46. The Balaban J connectivity index is 1.43. The van der Waals surface area contributed by atoms with Gasteiger partial charge in [-0.15, -0.1) is 5.10 Å². The molecule has 0 amide bonds. The summed E-state index contributed by atoms with van der Waals surface area (Å²) in [5.74, 6) is 0.920. The maximum Gasteiger partial charge on any atom is 0.280 e. The quantitative estimate of drug-likeness (QED) is 0.536. The Morgan fingerprint density at radius 2 is 2.15 bits per heavy atom. The number of hydrogen-bond acceptors (Lipinski definition) is 7. The molecule has 1 aromatic carbocycles. The van der Waals surface area contributed by atoms with Gasteiger partial charge in [-0.3, -0.25) is 0 Å². The summed E-state index contributed by atoms with van der Waals surface area (Å²) in [5, 5.41) is 16.6. The van der Waals surface area contributed by atoms with Crippen LogP contribution in [0.3, 0.4) is 0 Å². The van der Waals surface area contributed by atoms with Gasteiger partial charge in [0.15, 0.2) is 5.69 Å². The van der Waals surface area contributed by atoms with Crippen molar-refractivity contribution in [3.63, 3.8) is 0 Å². The first-order chi connectivity index (χ1) is 13.2. The van der Waals surface area contributed by atoms with Crippen LogP contribution in [0.15, 0.2) is 39.5 Å². The largest absolute Gasteiger partial charge is 0.365 e. The molecule has 0 saturated heterocycles. The van der Waals surface area contributed by atoms with Gasteiger partial charge in [-0.25, -0.2) is 4.68 Å². The highest BCUT2D eigenvalue weighted by Gasteiger charge is 2.28. The van der Waals surface area contributed by atoms with E-state index >= 15 is 0 Å². The van der Waals surface area contributed by atoms with Gasteiger partial charge >= 0.3 is 0 Å². The summed E-state index contributed by atoms with van der Waals surface area (Å²) in [7, 11) is 0. The van der Waals surface area contributed by atoms with Crippen LogP contribution in [0.2, 0.25) is 0 Å². The Hall–Kier alpha value is -2.84. The summed E-state index contributed by atoms with van der Waals surface area (Å²) in [6.45, 7) is 5.21. The van der Waals surface area contributed by atoms with Crippen LogP contribution in [0.1, 0.15) is 28.5 Å². The van der Waals surface area contributed by atoms with E-state index in [0.29, 0.717) is 30.6 Å². The number of aromatic nitrogens is 5. The molecule has 0 radical (unpaired) electrons. The lowest BCUT2D eigenvalue weighted by atomic mass is 10.0. The summed E-state index contributed by atoms with van der Waals surface area (Å²) in [6, 6.07) is 8.37. The molecular weight excluding hydrogens is 362 g/mol. The first kappa shape index (κ1) is 16.3. The van der Waals surface area contributed by atoms with Crippen LogP contribution in [-0.2, 0) is 17.9 Å². The highest BCUT2D eigenvalue weighted by molar-refractivity contribution is 7.08. The van der Waals surface area contributed by atoms with Gasteiger partial charge in [-0.05, 0) is 36.4 Å². The molecule has 27 heavy (non-hydrogen) atoms. The molecule has 5 rings (SSSR count). The Labute approximate surface area is 159 Å². The lowest BCUT2D eigenvalue weighted by Crippen LogP contribution is -2.22. The zero-order valence-electron chi connectivity index (χ0n) is 14.9. The van der Waals surface area contributed by atoms with Crippen molar-refractivity contribution in [3.8, 4) is 23.0 Å². The molecule has 0 saturated carbocycles. The Morgan fingerprint density at radius 3 is 2.96 bits per heavy atom. The van der Waals surface area contributed by atoms with Gasteiger partial charge < -0.3 is 9.26 Å². The minimum absolute atomic E-state index is 0.0447. The van der Waals surface area contributed by atoms with Crippen molar-refractivity contribution in [1.29, 1.82) is 0 Å². The van der Waals surface area contributed by atoms with Crippen LogP contribution in [0, 0.1) is 13.8 Å². The molecule has 4 heterocycles. The molecule has 0 aliphatic carbocycles. The number of aryl methyl sites for hydroxylation is 2. The van der Waals surface area contributed by atoms with E-state index in [1.54, 1.807) is 11.3 Å². The van der Waals surface area contributed by atoms with Crippen molar-refractivity contribution in [2.75, 3.05) is 0 Å². The SMILES string of the molecule is Cc1ccc(C2Cn3nnc(-c4nc(-c5ccsc5)no4)c3CO2)c(C)c1. The Bertz CT molecular complexity index is 1100. The number of benzene rings is 1. The van der Waals surface area contributed by atoms with E-state index in [-0.39, 0.29) is 6.10 Å². The van der Waals surface area contributed by atoms with Crippen molar-refractivity contribution in [2.24, 2.45) is 0 Å². The number of nitrogens with zero attached hydrogens (tertiary/aromatic N) is 5. The van der Waals surface area contributed by atoms with E-state index < -0.39 is 0 Å². The monoisotopic (exact) mass is 379 g/mol. The average molecular weight is 379 g/mol. The Morgan fingerprint density at radius 1 is 1.22 bits per heavy atom. The molecule has 0 N–H and O–H groups in total. The molecule has 0 spiro atoms. The molecular formula is C19H17N5O2S. The standard InChI is InChI=1S/C19H17N5O2S/c1-11-3-4-14(12(2)7-11)16-8-24-15(9-25-16)17(21-23-24)19-20-18(22-26-19)13-5-6-27-10-13/h3-7,10,16H,8-9H2,1-2H3. The zero-order valence-corrected chi connectivity index (χ0v) is 15.7. The minimum atomic E-state index is -0.0447. The van der Waals surface area contributed by atoms with Gasteiger partial charge in [-0.2, -0.15) is 16.3 Å². The first-order valence-corrected chi connectivity index (χ1v) is 9.61. The highest BCUT2D eigenvalue weighted by atomic mass is 32.1. The molecule has 0 bridgehead atoms. The zero-order chi connectivity index (χ0) is 18.4. The van der Waals surface area contributed by atoms with Gasteiger partial charge in [0.2, 0.25) is 5.82 Å². The second kappa shape index (κ2) is 6.40. The highest BCUT2D eigenvalue weighted by Crippen LogP contribution is 2.32. The summed E-state index contributed by atoms with van der Waals surface area (Å²) >= 11 is 1.59. The first-order valence-electron chi connectivity index (χ1n) is 8.67. The summed E-state index contributed by atoms with van der Waals surface area (Å²) in [5.41, 5.74) is 6.03. The molecule has 4 aromatic rings. The molecule has 1 aliphatic heterocycles. The van der Waals surface area contributed by atoms with Crippen LogP contribution < -0.4 is 0 Å². The number of fused-ring (bicyclic) bond motifs is 1. The number of thiophene rings is 1. The molecule has 0 fully saturated rings. The predicted octanol–water partition coefficient (Wildman–Crippen LogP) is 3.94. The van der Waals surface area contributed by atoms with Crippen molar-refractivity contribution in [1.82, 2.24) is 25.1 Å². The number of ether oxygens (including phenoxy) is 1. The molecule has 8 heteroatoms. The van der Waals surface area contributed by atoms with Gasteiger partial charge in [0, 0.05) is 10.9 Å². The van der Waals surface area contributed by atoms with Crippen LogP contribution in [0.4, 0.5) is 0 Å².